The Kier molecular flexibility index (Phi) is 5.10. The van der Waals surface area contributed by atoms with Crippen molar-refractivity contribution in [2.75, 3.05) is 11.9 Å². The Bertz CT molecular complexity index is 717. The topological polar surface area (TPSA) is 90.0 Å². The standard InChI is InChI=1S/C14H15BrN4O2.ClH/c1-7-4-9(15)13(20)11(5-7)17-14(21)12-8-6-16-3-2-10(8)18-19-12;/h4-5,16,20H,2-3,6H2,1H3,(H,17,21)(H,18,19);1H. The number of halogens is 2. The summed E-state index contributed by atoms with van der Waals surface area (Å²) in [6, 6.07) is 3.50. The maximum Gasteiger partial charge on any atom is 0.276 e. The Hall–Kier alpha value is -1.57. The summed E-state index contributed by atoms with van der Waals surface area (Å²) in [6.07, 6.45) is 0.830. The van der Waals surface area contributed by atoms with Gasteiger partial charge >= 0.3 is 0 Å². The number of hydrogen-bond acceptors (Lipinski definition) is 4. The Morgan fingerprint density at radius 2 is 2.23 bits per heavy atom. The Morgan fingerprint density at radius 1 is 1.45 bits per heavy atom. The Morgan fingerprint density at radius 3 is 3.00 bits per heavy atom. The fourth-order valence-electron chi connectivity index (χ4n) is 2.42. The SMILES string of the molecule is Cc1cc(Br)c(O)c(NC(=O)c2n[nH]c3c2CNCC3)c1.Cl. The molecular weight excluding hydrogens is 372 g/mol. The van der Waals surface area contributed by atoms with Crippen LogP contribution in [0, 0.1) is 6.92 Å². The van der Waals surface area contributed by atoms with Crippen molar-refractivity contribution >= 4 is 39.9 Å². The van der Waals surface area contributed by atoms with Crippen LogP contribution in [0.25, 0.3) is 0 Å². The number of H-pyrrole nitrogens is 1. The van der Waals surface area contributed by atoms with E-state index in [0.29, 0.717) is 22.4 Å². The van der Waals surface area contributed by atoms with Crippen molar-refractivity contribution in [2.45, 2.75) is 19.9 Å². The van der Waals surface area contributed by atoms with E-state index in [9.17, 15) is 9.90 Å². The number of anilines is 1. The number of nitrogens with zero attached hydrogens (tertiary/aromatic N) is 1. The molecule has 22 heavy (non-hydrogen) atoms. The first-order valence-electron chi connectivity index (χ1n) is 6.63. The zero-order valence-corrected chi connectivity index (χ0v) is 14.3. The average Bonchev–Trinajstić information content (AvgIpc) is 2.88. The third-order valence-corrected chi connectivity index (χ3v) is 4.08. The van der Waals surface area contributed by atoms with Crippen molar-refractivity contribution in [3.05, 3.63) is 39.1 Å². The molecule has 1 aliphatic heterocycles. The lowest BCUT2D eigenvalue weighted by Gasteiger charge is -2.13. The van der Waals surface area contributed by atoms with Gasteiger partial charge < -0.3 is 15.7 Å². The first-order valence-corrected chi connectivity index (χ1v) is 7.43. The van der Waals surface area contributed by atoms with Crippen LogP contribution in [0.3, 0.4) is 0 Å². The Labute approximate surface area is 142 Å². The van der Waals surface area contributed by atoms with Crippen LogP contribution in [0.4, 0.5) is 5.69 Å². The molecule has 0 atom stereocenters. The molecule has 0 aliphatic carbocycles. The molecule has 1 amide bonds. The second-order valence-electron chi connectivity index (χ2n) is 5.05. The molecule has 3 rings (SSSR count). The summed E-state index contributed by atoms with van der Waals surface area (Å²) in [4.78, 5) is 12.4. The number of amides is 1. The molecular formula is C14H16BrClN4O2. The molecule has 0 bridgehead atoms. The van der Waals surface area contributed by atoms with Crippen LogP contribution in [-0.4, -0.2) is 27.8 Å². The molecule has 0 spiro atoms. The summed E-state index contributed by atoms with van der Waals surface area (Å²) < 4.78 is 0.545. The Balaban J connectivity index is 0.00000176. The highest BCUT2D eigenvalue weighted by molar-refractivity contribution is 9.10. The predicted octanol–water partition coefficient (Wildman–Crippen LogP) is 2.51. The third kappa shape index (κ3) is 3.11. The molecule has 4 N–H and O–H groups in total. The van der Waals surface area contributed by atoms with E-state index in [1.54, 1.807) is 12.1 Å². The minimum Gasteiger partial charge on any atom is -0.505 e. The first kappa shape index (κ1) is 16.8. The molecule has 0 fully saturated rings. The number of hydrogen-bond donors (Lipinski definition) is 4. The van der Waals surface area contributed by atoms with Crippen molar-refractivity contribution < 1.29 is 9.90 Å². The van der Waals surface area contributed by atoms with Crippen LogP contribution in [0.15, 0.2) is 16.6 Å². The molecule has 1 aliphatic rings. The molecule has 2 aromatic rings. The lowest BCUT2D eigenvalue weighted by atomic mass is 10.1. The number of phenolic OH excluding ortho intramolecular Hbond substituents is 1. The number of carbonyl (C=O) groups excluding carboxylic acids is 1. The second-order valence-corrected chi connectivity index (χ2v) is 5.91. The van der Waals surface area contributed by atoms with Gasteiger partial charge in [-0.1, -0.05) is 0 Å². The fraction of sp³-hybridized carbons (Fsp3) is 0.286. The highest BCUT2D eigenvalue weighted by atomic mass is 79.9. The lowest BCUT2D eigenvalue weighted by molar-refractivity contribution is 0.102. The molecule has 1 aromatic heterocycles. The van der Waals surface area contributed by atoms with E-state index in [4.69, 9.17) is 0 Å². The summed E-state index contributed by atoms with van der Waals surface area (Å²) in [5, 5.41) is 22.9. The number of aromatic hydroxyl groups is 1. The largest absolute Gasteiger partial charge is 0.505 e. The van der Waals surface area contributed by atoms with Gasteiger partial charge in [-0.2, -0.15) is 5.10 Å². The molecule has 118 valence electrons. The zero-order valence-electron chi connectivity index (χ0n) is 11.9. The molecule has 0 saturated heterocycles. The van der Waals surface area contributed by atoms with E-state index in [1.807, 2.05) is 6.92 Å². The van der Waals surface area contributed by atoms with Crippen LogP contribution in [0.1, 0.15) is 27.3 Å². The molecule has 2 heterocycles. The normalized spacial score (nSPS) is 13.2. The van der Waals surface area contributed by atoms with Gasteiger partial charge in [-0.25, -0.2) is 0 Å². The zero-order chi connectivity index (χ0) is 15.0. The summed E-state index contributed by atoms with van der Waals surface area (Å²) in [5.41, 5.74) is 3.56. The molecule has 8 heteroatoms. The summed E-state index contributed by atoms with van der Waals surface area (Å²) >= 11 is 3.26. The quantitative estimate of drug-likeness (QED) is 0.596. The van der Waals surface area contributed by atoms with E-state index >= 15 is 0 Å². The van der Waals surface area contributed by atoms with Gasteiger partial charge in [0, 0.05) is 30.8 Å². The number of aromatic amines is 1. The van der Waals surface area contributed by atoms with Crippen LogP contribution >= 0.6 is 28.3 Å². The van der Waals surface area contributed by atoms with E-state index < -0.39 is 0 Å². The number of rotatable bonds is 2. The predicted molar refractivity (Wildman–Crippen MR) is 89.7 cm³/mol. The van der Waals surface area contributed by atoms with Crippen molar-refractivity contribution in [3.8, 4) is 5.75 Å². The van der Waals surface area contributed by atoms with Gasteiger partial charge in [-0.05, 0) is 40.5 Å². The first-order chi connectivity index (χ1) is 10.1. The van der Waals surface area contributed by atoms with Crippen LogP contribution in [-0.2, 0) is 13.0 Å². The highest BCUT2D eigenvalue weighted by Crippen LogP contribution is 2.33. The number of fused-ring (bicyclic) bond motifs is 1. The number of benzene rings is 1. The highest BCUT2D eigenvalue weighted by Gasteiger charge is 2.22. The van der Waals surface area contributed by atoms with Crippen molar-refractivity contribution in [1.82, 2.24) is 15.5 Å². The van der Waals surface area contributed by atoms with Gasteiger partial charge in [-0.15, -0.1) is 12.4 Å². The fourth-order valence-corrected chi connectivity index (χ4v) is 3.00. The summed E-state index contributed by atoms with van der Waals surface area (Å²) in [5.74, 6) is -0.319. The average molecular weight is 388 g/mol. The van der Waals surface area contributed by atoms with Crippen LogP contribution in [0.2, 0.25) is 0 Å². The maximum absolute atomic E-state index is 12.4. The van der Waals surface area contributed by atoms with Gasteiger partial charge in [0.25, 0.3) is 5.91 Å². The molecule has 0 radical (unpaired) electrons. The number of aryl methyl sites for hydroxylation is 1. The minimum atomic E-state index is -0.330. The third-order valence-electron chi connectivity index (χ3n) is 3.48. The number of carbonyl (C=O) groups is 1. The van der Waals surface area contributed by atoms with Gasteiger partial charge in [0.05, 0.1) is 10.2 Å². The van der Waals surface area contributed by atoms with Gasteiger partial charge in [0.15, 0.2) is 11.4 Å². The number of phenols is 1. The van der Waals surface area contributed by atoms with E-state index in [-0.39, 0.29) is 24.1 Å². The number of nitrogens with one attached hydrogen (secondary N) is 3. The van der Waals surface area contributed by atoms with Gasteiger partial charge in [0.1, 0.15) is 0 Å². The smallest absolute Gasteiger partial charge is 0.276 e. The van der Waals surface area contributed by atoms with E-state index in [1.165, 1.54) is 0 Å². The molecule has 0 unspecified atom stereocenters. The van der Waals surface area contributed by atoms with Gasteiger partial charge in [0.2, 0.25) is 0 Å². The van der Waals surface area contributed by atoms with Crippen LogP contribution in [0.5, 0.6) is 5.75 Å². The van der Waals surface area contributed by atoms with E-state index in [2.05, 4.69) is 36.8 Å². The van der Waals surface area contributed by atoms with Crippen molar-refractivity contribution in [1.29, 1.82) is 0 Å². The minimum absolute atomic E-state index is 0. The molecule has 1 aromatic carbocycles. The van der Waals surface area contributed by atoms with Crippen LogP contribution < -0.4 is 10.6 Å². The summed E-state index contributed by atoms with van der Waals surface area (Å²) in [6.45, 7) is 3.39. The van der Waals surface area contributed by atoms with E-state index in [0.717, 1.165) is 29.8 Å². The lowest BCUT2D eigenvalue weighted by Crippen LogP contribution is -2.25. The molecule has 0 saturated carbocycles. The maximum atomic E-state index is 12.4. The van der Waals surface area contributed by atoms with Crippen molar-refractivity contribution in [3.63, 3.8) is 0 Å². The van der Waals surface area contributed by atoms with Crippen molar-refractivity contribution in [2.24, 2.45) is 0 Å². The monoisotopic (exact) mass is 386 g/mol. The molecule has 6 nitrogen and oxygen atoms in total. The number of aromatic nitrogens is 2. The summed E-state index contributed by atoms with van der Waals surface area (Å²) in [7, 11) is 0. The van der Waals surface area contributed by atoms with Gasteiger partial charge in [-0.3, -0.25) is 9.89 Å². The second kappa shape index (κ2) is 6.68.